The van der Waals surface area contributed by atoms with Crippen LogP contribution in [-0.2, 0) is 23.8 Å². The summed E-state index contributed by atoms with van der Waals surface area (Å²) in [4.78, 5) is 0. The Bertz CT molecular complexity index is 990. The number of hydrogen-bond donors (Lipinski definition) is 2. The van der Waals surface area contributed by atoms with Crippen molar-refractivity contribution < 1.29 is 8.42 Å². The number of hydrogen-bond acceptors (Lipinski definition) is 3. The van der Waals surface area contributed by atoms with Gasteiger partial charge in [0.2, 0.25) is 0 Å². The van der Waals surface area contributed by atoms with Crippen LogP contribution in [0, 0.1) is 6.92 Å². The molecule has 2 heterocycles. The lowest BCUT2D eigenvalue weighted by Crippen LogP contribution is -2.30. The van der Waals surface area contributed by atoms with Crippen LogP contribution in [0.2, 0.25) is 5.02 Å². The predicted octanol–water partition coefficient (Wildman–Crippen LogP) is 1.62. The average Bonchev–Trinajstić information content (AvgIpc) is 2.95. The van der Waals surface area contributed by atoms with E-state index in [9.17, 15) is 8.42 Å². The van der Waals surface area contributed by atoms with Crippen LogP contribution in [-0.4, -0.2) is 22.8 Å². The number of nitrogens with two attached hydrogens (primary N) is 1. The second-order valence-electron chi connectivity index (χ2n) is 5.27. The maximum absolute atomic E-state index is 11.2. The van der Waals surface area contributed by atoms with Gasteiger partial charge in [-0.15, -0.1) is 0 Å². The molecule has 9 heteroatoms. The molecule has 0 atom stereocenters. The zero-order valence-electron chi connectivity index (χ0n) is 12.6. The normalized spacial score (nSPS) is 12.2. The minimum absolute atomic E-state index is 0.0705. The summed E-state index contributed by atoms with van der Waals surface area (Å²) in [5, 5.41) is 11.1. The van der Waals surface area contributed by atoms with Crippen molar-refractivity contribution >= 4 is 32.7 Å². The topological polar surface area (TPSA) is 94.9 Å². The zero-order chi connectivity index (χ0) is 16.8. The Kier molecular flexibility index (Phi) is 3.93. The van der Waals surface area contributed by atoms with Gasteiger partial charge in [0.15, 0.2) is 0 Å². The fourth-order valence-electron chi connectivity index (χ4n) is 2.67. The number of rotatable bonds is 4. The molecule has 23 heavy (non-hydrogen) atoms. The van der Waals surface area contributed by atoms with Crippen molar-refractivity contribution in [1.29, 1.82) is 0 Å². The molecule has 0 aliphatic rings. The Morgan fingerprint density at radius 1 is 1.35 bits per heavy atom. The summed E-state index contributed by atoms with van der Waals surface area (Å²) in [6.45, 7) is 1.90. The van der Waals surface area contributed by atoms with Crippen molar-refractivity contribution in [2.24, 2.45) is 12.2 Å². The molecule has 122 valence electrons. The predicted molar refractivity (Wildman–Crippen MR) is 89.7 cm³/mol. The fraction of sp³-hybridized carbons (Fsp3) is 0.214. The van der Waals surface area contributed by atoms with E-state index in [1.54, 1.807) is 4.68 Å². The molecule has 0 radical (unpaired) electrons. The van der Waals surface area contributed by atoms with Crippen molar-refractivity contribution in [1.82, 2.24) is 19.1 Å². The largest absolute Gasteiger partial charge is 0.301 e. The van der Waals surface area contributed by atoms with Crippen molar-refractivity contribution in [2.75, 3.05) is 0 Å². The van der Waals surface area contributed by atoms with Gasteiger partial charge in [0, 0.05) is 35.8 Å². The smallest absolute Gasteiger partial charge is 0.274 e. The maximum Gasteiger partial charge on any atom is 0.274 e. The Morgan fingerprint density at radius 3 is 2.78 bits per heavy atom. The first kappa shape index (κ1) is 16.0. The summed E-state index contributed by atoms with van der Waals surface area (Å²) in [6, 6.07) is 7.54. The molecule has 0 saturated carbocycles. The van der Waals surface area contributed by atoms with E-state index in [1.807, 2.05) is 49.0 Å². The van der Waals surface area contributed by atoms with Gasteiger partial charge in [0.1, 0.15) is 5.82 Å². The molecule has 1 aromatic carbocycles. The highest BCUT2D eigenvalue weighted by Crippen LogP contribution is 2.26. The van der Waals surface area contributed by atoms with E-state index in [0.29, 0.717) is 5.02 Å². The Labute approximate surface area is 138 Å². The summed E-state index contributed by atoms with van der Waals surface area (Å²) in [6.07, 6.45) is 1.90. The number of benzene rings is 1. The van der Waals surface area contributed by atoms with Crippen LogP contribution in [0.4, 0.5) is 0 Å². The lowest BCUT2D eigenvalue weighted by Gasteiger charge is -2.10. The number of aromatic nitrogens is 3. The maximum atomic E-state index is 11.2. The number of aryl methyl sites for hydroxylation is 2. The first-order valence-corrected chi connectivity index (χ1v) is 8.75. The van der Waals surface area contributed by atoms with Gasteiger partial charge in [-0.3, -0.25) is 4.68 Å². The van der Waals surface area contributed by atoms with Crippen LogP contribution >= 0.6 is 11.6 Å². The average molecular weight is 354 g/mol. The highest BCUT2D eigenvalue weighted by Gasteiger charge is 2.17. The quantitative estimate of drug-likeness (QED) is 0.746. The summed E-state index contributed by atoms with van der Waals surface area (Å²) in [5.74, 6) is 0.774. The van der Waals surface area contributed by atoms with E-state index in [2.05, 4.69) is 9.82 Å². The minimum atomic E-state index is -3.78. The van der Waals surface area contributed by atoms with E-state index in [4.69, 9.17) is 16.7 Å². The minimum Gasteiger partial charge on any atom is -0.301 e. The van der Waals surface area contributed by atoms with Gasteiger partial charge in [-0.1, -0.05) is 11.6 Å². The molecule has 0 aliphatic carbocycles. The molecule has 3 aromatic rings. The third-order valence-electron chi connectivity index (χ3n) is 3.64. The van der Waals surface area contributed by atoms with Crippen LogP contribution in [0.1, 0.15) is 11.3 Å². The van der Waals surface area contributed by atoms with E-state index < -0.39 is 10.2 Å². The molecule has 3 N–H and O–H groups in total. The van der Waals surface area contributed by atoms with Crippen molar-refractivity contribution in [3.63, 3.8) is 0 Å². The SMILES string of the molecule is Cc1nn(C)c(-n2ccc3cc(Cl)ccc32)c1CNS(N)(=O)=O. The molecular formula is C14H16ClN5O2S. The first-order valence-electron chi connectivity index (χ1n) is 6.83. The van der Waals surface area contributed by atoms with E-state index in [-0.39, 0.29) is 6.54 Å². The lowest BCUT2D eigenvalue weighted by atomic mass is 10.2. The summed E-state index contributed by atoms with van der Waals surface area (Å²) < 4.78 is 28.4. The van der Waals surface area contributed by atoms with Crippen LogP contribution in [0.5, 0.6) is 0 Å². The highest BCUT2D eigenvalue weighted by atomic mass is 35.5. The second-order valence-corrected chi connectivity index (χ2v) is 7.08. The number of halogens is 1. The molecule has 0 spiro atoms. The van der Waals surface area contributed by atoms with E-state index in [0.717, 1.165) is 28.0 Å². The Balaban J connectivity index is 2.15. The van der Waals surface area contributed by atoms with E-state index >= 15 is 0 Å². The molecule has 0 unspecified atom stereocenters. The number of fused-ring (bicyclic) bond motifs is 1. The summed E-state index contributed by atoms with van der Waals surface area (Å²) in [5.41, 5.74) is 2.44. The van der Waals surface area contributed by atoms with Crippen LogP contribution in [0.3, 0.4) is 0 Å². The van der Waals surface area contributed by atoms with Gasteiger partial charge in [0.25, 0.3) is 10.2 Å². The van der Waals surface area contributed by atoms with Crippen molar-refractivity contribution in [2.45, 2.75) is 13.5 Å². The third-order valence-corrected chi connectivity index (χ3v) is 4.43. The van der Waals surface area contributed by atoms with Crippen LogP contribution in [0.15, 0.2) is 30.5 Å². The van der Waals surface area contributed by atoms with Gasteiger partial charge in [-0.25, -0.2) is 5.14 Å². The first-order chi connectivity index (χ1) is 10.8. The monoisotopic (exact) mass is 353 g/mol. The zero-order valence-corrected chi connectivity index (χ0v) is 14.2. The number of nitrogens with one attached hydrogen (secondary N) is 1. The Morgan fingerprint density at radius 2 is 2.09 bits per heavy atom. The van der Waals surface area contributed by atoms with Crippen LogP contribution in [0.25, 0.3) is 16.7 Å². The summed E-state index contributed by atoms with van der Waals surface area (Å²) in [7, 11) is -1.97. The molecule has 7 nitrogen and oxygen atoms in total. The molecule has 3 rings (SSSR count). The second kappa shape index (κ2) is 5.64. The summed E-state index contributed by atoms with van der Waals surface area (Å²) >= 11 is 6.02. The highest BCUT2D eigenvalue weighted by molar-refractivity contribution is 7.87. The standard InChI is InChI=1S/C14H16ClN5O2S/c1-9-12(8-17-23(16,21)22)14(19(2)18-9)20-6-5-10-7-11(15)3-4-13(10)20/h3-7,17H,8H2,1-2H3,(H2,16,21,22). The van der Waals surface area contributed by atoms with Gasteiger partial charge in [-0.05, 0) is 31.2 Å². The van der Waals surface area contributed by atoms with Gasteiger partial charge in [0.05, 0.1) is 11.2 Å². The number of nitrogens with zero attached hydrogens (tertiary/aromatic N) is 3. The molecule has 0 saturated heterocycles. The molecule has 2 aromatic heterocycles. The van der Waals surface area contributed by atoms with Crippen molar-refractivity contribution in [3.05, 3.63) is 46.7 Å². The van der Waals surface area contributed by atoms with Crippen molar-refractivity contribution in [3.8, 4) is 5.82 Å². The van der Waals surface area contributed by atoms with Gasteiger partial charge >= 0.3 is 0 Å². The van der Waals surface area contributed by atoms with Gasteiger partial charge < -0.3 is 4.57 Å². The van der Waals surface area contributed by atoms with Crippen LogP contribution < -0.4 is 9.86 Å². The third kappa shape index (κ3) is 3.11. The lowest BCUT2D eigenvalue weighted by molar-refractivity contribution is 0.583. The molecule has 0 fully saturated rings. The fourth-order valence-corrected chi connectivity index (χ4v) is 3.20. The molecule has 0 aliphatic heterocycles. The molecule has 0 bridgehead atoms. The van der Waals surface area contributed by atoms with E-state index in [1.165, 1.54) is 0 Å². The Hall–Kier alpha value is -1.87. The van der Waals surface area contributed by atoms with Gasteiger partial charge in [-0.2, -0.15) is 18.2 Å². The molecule has 0 amide bonds. The molecular weight excluding hydrogens is 338 g/mol.